The van der Waals surface area contributed by atoms with Crippen molar-refractivity contribution < 1.29 is 31.3 Å². The lowest BCUT2D eigenvalue weighted by atomic mass is 9.71. The SMILES string of the molecule is C=C[C@H]1C[N+]2(Cc3cc(C(C)(C)C)cc(C(C)(C)C)c3)CC[C@H]1C[C@@H]2[C@@H](O)c1ccnc2ccc(OC)cc12.[Br-]. The molecule has 0 aliphatic carbocycles. The van der Waals surface area contributed by atoms with Crippen molar-refractivity contribution in [3.8, 4) is 5.75 Å². The van der Waals surface area contributed by atoms with Crippen molar-refractivity contribution in [1.82, 2.24) is 4.98 Å². The zero-order valence-electron chi connectivity index (χ0n) is 25.4. The van der Waals surface area contributed by atoms with Gasteiger partial charge in [0, 0.05) is 35.9 Å². The molecule has 2 aromatic carbocycles. The number of methoxy groups -OCH3 is 1. The summed E-state index contributed by atoms with van der Waals surface area (Å²) in [5.41, 5.74) is 6.16. The second-order valence-corrected chi connectivity index (χ2v) is 14.2. The third-order valence-corrected chi connectivity index (χ3v) is 9.56. The highest BCUT2D eigenvalue weighted by atomic mass is 79.9. The summed E-state index contributed by atoms with van der Waals surface area (Å²) in [7, 11) is 1.69. The molecule has 5 atom stereocenters. The number of quaternary nitrogens is 1. The van der Waals surface area contributed by atoms with Crippen molar-refractivity contribution >= 4 is 10.9 Å². The summed E-state index contributed by atoms with van der Waals surface area (Å²) in [6.45, 7) is 21.1. The molecule has 0 saturated carbocycles. The average molecular weight is 608 g/mol. The average Bonchev–Trinajstić information content (AvgIpc) is 2.90. The Morgan fingerprint density at radius 1 is 1.05 bits per heavy atom. The van der Waals surface area contributed by atoms with E-state index in [0.29, 0.717) is 11.8 Å². The number of aliphatic hydroxyl groups is 1. The summed E-state index contributed by atoms with van der Waals surface area (Å²) in [6.07, 6.45) is 5.64. The van der Waals surface area contributed by atoms with Crippen LogP contribution in [0.1, 0.15) is 82.7 Å². The monoisotopic (exact) mass is 606 g/mol. The zero-order chi connectivity index (χ0) is 28.2. The standard InChI is InChI=1S/C35H47N2O2.BrH/c1-9-24-22-37(21-23-16-26(34(2,3)4)19-27(17-23)35(5,6)7)15-13-25(24)18-32(37)33(38)29-12-14-36-31-11-10-28(39-8)20-30(29)31;/h9-12,14,16-17,19-20,24-25,32-33,38H,1,13,15,18,21-22H2,2-8H3;1H/q+1;/p-1/t24-,25-,32+,33-,37?;/m0./s1. The second-order valence-electron chi connectivity index (χ2n) is 14.2. The maximum Gasteiger partial charge on any atom is 0.131 e. The Hall–Kier alpha value is -2.21. The molecule has 1 N–H and O–H groups in total. The summed E-state index contributed by atoms with van der Waals surface area (Å²) < 4.78 is 6.43. The van der Waals surface area contributed by atoms with Crippen LogP contribution in [0, 0.1) is 11.8 Å². The minimum absolute atomic E-state index is 0. The van der Waals surface area contributed by atoms with Crippen LogP contribution in [0.5, 0.6) is 5.75 Å². The quantitative estimate of drug-likeness (QED) is 0.332. The van der Waals surface area contributed by atoms with Crippen molar-refractivity contribution in [2.24, 2.45) is 11.8 Å². The topological polar surface area (TPSA) is 42.4 Å². The number of halogens is 1. The van der Waals surface area contributed by atoms with Gasteiger partial charge in [-0.2, -0.15) is 0 Å². The summed E-state index contributed by atoms with van der Waals surface area (Å²) in [5, 5.41) is 13.2. The van der Waals surface area contributed by atoms with Crippen molar-refractivity contribution in [2.45, 2.75) is 83.9 Å². The molecule has 3 aromatic rings. The van der Waals surface area contributed by atoms with Gasteiger partial charge in [-0.3, -0.25) is 4.98 Å². The normalized spacial score (nSPS) is 25.4. The molecule has 3 aliphatic heterocycles. The Morgan fingerprint density at radius 2 is 1.73 bits per heavy atom. The third kappa shape index (κ3) is 5.75. The summed E-state index contributed by atoms with van der Waals surface area (Å²) in [6, 6.07) is 15.3. The largest absolute Gasteiger partial charge is 1.00 e. The fourth-order valence-electron chi connectivity index (χ4n) is 7.13. The molecule has 2 bridgehead atoms. The molecule has 1 aromatic heterocycles. The van der Waals surface area contributed by atoms with E-state index in [2.05, 4.69) is 77.4 Å². The van der Waals surface area contributed by atoms with Crippen LogP contribution in [0.15, 0.2) is 61.3 Å². The number of fused-ring (bicyclic) bond motifs is 4. The Balaban J connectivity index is 0.00000370. The van der Waals surface area contributed by atoms with Gasteiger partial charge < -0.3 is 31.3 Å². The van der Waals surface area contributed by atoms with E-state index >= 15 is 0 Å². The minimum Gasteiger partial charge on any atom is -1.00 e. The predicted molar refractivity (Wildman–Crippen MR) is 161 cm³/mol. The summed E-state index contributed by atoms with van der Waals surface area (Å²) in [5.74, 6) is 1.86. The van der Waals surface area contributed by atoms with Gasteiger partial charge in [0.1, 0.15) is 24.4 Å². The number of piperidine rings is 3. The third-order valence-electron chi connectivity index (χ3n) is 9.56. The predicted octanol–water partition coefficient (Wildman–Crippen LogP) is 4.49. The van der Waals surface area contributed by atoms with Crippen LogP contribution in [-0.2, 0) is 17.4 Å². The molecule has 216 valence electrons. The van der Waals surface area contributed by atoms with Gasteiger partial charge in [0.2, 0.25) is 0 Å². The van der Waals surface area contributed by atoms with E-state index in [1.807, 2.05) is 30.5 Å². The molecule has 4 heterocycles. The minimum atomic E-state index is -0.580. The lowest BCUT2D eigenvalue weighted by Crippen LogP contribution is -3.00. The van der Waals surface area contributed by atoms with Gasteiger partial charge in [0.05, 0.1) is 25.7 Å². The molecule has 3 aliphatic rings. The smallest absolute Gasteiger partial charge is 0.131 e. The lowest BCUT2D eigenvalue weighted by Gasteiger charge is -2.58. The molecular weight excluding hydrogens is 560 g/mol. The van der Waals surface area contributed by atoms with Crippen LogP contribution in [0.4, 0.5) is 0 Å². The number of nitrogens with zero attached hydrogens (tertiary/aromatic N) is 2. The van der Waals surface area contributed by atoms with Gasteiger partial charge in [0.25, 0.3) is 0 Å². The number of ether oxygens (including phenoxy) is 1. The van der Waals surface area contributed by atoms with E-state index in [-0.39, 0.29) is 33.9 Å². The first-order valence-corrected chi connectivity index (χ1v) is 14.6. The van der Waals surface area contributed by atoms with E-state index in [4.69, 9.17) is 4.74 Å². The Kier molecular flexibility index (Phi) is 8.63. The molecule has 4 nitrogen and oxygen atoms in total. The number of hydrogen-bond acceptors (Lipinski definition) is 3. The van der Waals surface area contributed by atoms with Crippen LogP contribution < -0.4 is 21.7 Å². The highest BCUT2D eigenvalue weighted by Gasteiger charge is 2.54. The van der Waals surface area contributed by atoms with Gasteiger partial charge in [-0.1, -0.05) is 53.7 Å². The summed E-state index contributed by atoms with van der Waals surface area (Å²) >= 11 is 0. The van der Waals surface area contributed by atoms with E-state index in [1.165, 1.54) is 23.1 Å². The molecule has 1 unspecified atom stereocenters. The first-order chi connectivity index (χ1) is 18.3. The van der Waals surface area contributed by atoms with Crippen LogP contribution in [-0.4, -0.2) is 40.8 Å². The van der Waals surface area contributed by atoms with E-state index in [1.54, 1.807) is 7.11 Å². The van der Waals surface area contributed by atoms with Crippen LogP contribution in [0.2, 0.25) is 0 Å². The maximum absolute atomic E-state index is 12.2. The number of hydrogen-bond donors (Lipinski definition) is 1. The van der Waals surface area contributed by atoms with E-state index < -0.39 is 6.10 Å². The Labute approximate surface area is 251 Å². The lowest BCUT2D eigenvalue weighted by molar-refractivity contribution is -0.984. The molecule has 6 rings (SSSR count). The number of benzene rings is 2. The van der Waals surface area contributed by atoms with Crippen LogP contribution in [0.25, 0.3) is 10.9 Å². The van der Waals surface area contributed by atoms with Gasteiger partial charge in [0.15, 0.2) is 0 Å². The number of rotatable bonds is 6. The molecule has 0 spiro atoms. The Morgan fingerprint density at radius 3 is 2.33 bits per heavy atom. The number of aliphatic hydroxyl groups excluding tert-OH is 1. The van der Waals surface area contributed by atoms with Gasteiger partial charge in [-0.25, -0.2) is 0 Å². The summed E-state index contributed by atoms with van der Waals surface area (Å²) in [4.78, 5) is 4.58. The molecule has 3 saturated heterocycles. The Bertz CT molecular complexity index is 1340. The van der Waals surface area contributed by atoms with E-state index in [0.717, 1.165) is 52.8 Å². The molecule has 40 heavy (non-hydrogen) atoms. The van der Waals surface area contributed by atoms with Gasteiger partial charge in [-0.15, -0.1) is 6.58 Å². The first-order valence-electron chi connectivity index (χ1n) is 14.6. The molecule has 0 radical (unpaired) electrons. The number of pyridine rings is 1. The number of aromatic nitrogens is 1. The zero-order valence-corrected chi connectivity index (χ0v) is 27.0. The molecular formula is C35H47BrN2O2. The van der Waals surface area contributed by atoms with Crippen molar-refractivity contribution in [2.75, 3.05) is 20.2 Å². The molecule has 0 amide bonds. The van der Waals surface area contributed by atoms with E-state index in [9.17, 15) is 5.11 Å². The van der Waals surface area contributed by atoms with Crippen molar-refractivity contribution in [3.05, 3.63) is 83.6 Å². The highest BCUT2D eigenvalue weighted by Crippen LogP contribution is 2.48. The fraction of sp³-hybridized carbons (Fsp3) is 0.514. The van der Waals surface area contributed by atoms with Crippen molar-refractivity contribution in [1.29, 1.82) is 0 Å². The highest BCUT2D eigenvalue weighted by molar-refractivity contribution is 5.83. The van der Waals surface area contributed by atoms with Crippen molar-refractivity contribution in [3.63, 3.8) is 0 Å². The molecule has 3 fully saturated rings. The fourth-order valence-corrected chi connectivity index (χ4v) is 7.13. The second kappa shape index (κ2) is 11.2. The van der Waals surface area contributed by atoms with Crippen LogP contribution >= 0.6 is 0 Å². The van der Waals surface area contributed by atoms with Gasteiger partial charge in [-0.05, 0) is 69.8 Å². The first kappa shape index (κ1) is 30.7. The maximum atomic E-state index is 12.2. The van der Waals surface area contributed by atoms with Gasteiger partial charge >= 0.3 is 0 Å². The molecule has 5 heteroatoms. The van der Waals surface area contributed by atoms with Crippen LogP contribution in [0.3, 0.4) is 0 Å².